The first-order valence-corrected chi connectivity index (χ1v) is 10.3. The second kappa shape index (κ2) is 6.32. The summed E-state index contributed by atoms with van der Waals surface area (Å²) in [5, 5.41) is 0. The van der Waals surface area contributed by atoms with Crippen molar-refractivity contribution in [1.82, 2.24) is 0 Å². The molecule has 7 atom stereocenters. The van der Waals surface area contributed by atoms with Gasteiger partial charge in [-0.3, -0.25) is 9.59 Å². The third-order valence-corrected chi connectivity index (χ3v) is 8.48. The molecule has 0 unspecified atom stereocenters. The molecule has 2 nitrogen and oxygen atoms in total. The highest BCUT2D eigenvalue weighted by atomic mass is 18.2. The molecule has 0 bridgehead atoms. The van der Waals surface area contributed by atoms with Crippen LogP contribution in [-0.2, 0) is 9.59 Å². The molecule has 0 aromatic heterocycles. The van der Waals surface area contributed by atoms with Gasteiger partial charge >= 0.3 is 0 Å². The number of ketones is 2. The first kappa shape index (κ1) is 17.4. The van der Waals surface area contributed by atoms with Crippen LogP contribution in [0.2, 0.25) is 0 Å². The molecule has 4 aliphatic carbocycles. The maximum absolute atomic E-state index is 13.3. The average molecular weight is 345 g/mol. The first-order valence-electron chi connectivity index (χ1n) is 10.3. The molecule has 25 heavy (non-hydrogen) atoms. The summed E-state index contributed by atoms with van der Waals surface area (Å²) in [6.07, 6.45) is 10.2. The van der Waals surface area contributed by atoms with Crippen LogP contribution in [-0.4, -0.2) is 18.2 Å². The van der Waals surface area contributed by atoms with Gasteiger partial charge in [-0.05, 0) is 79.6 Å². The van der Waals surface area contributed by atoms with Gasteiger partial charge in [0.1, 0.15) is 6.67 Å². The molecule has 0 aromatic rings. The van der Waals surface area contributed by atoms with Crippen molar-refractivity contribution >= 4 is 11.6 Å². The number of carbonyl (C=O) groups excluding carboxylic acids is 2. The summed E-state index contributed by atoms with van der Waals surface area (Å²) < 4.78 is 13.3. The zero-order chi connectivity index (χ0) is 17.8. The Morgan fingerprint density at radius 1 is 1.24 bits per heavy atom. The summed E-state index contributed by atoms with van der Waals surface area (Å²) in [5.41, 5.74) is 1.40. The monoisotopic (exact) mass is 345 g/mol. The second-order valence-electron chi connectivity index (χ2n) is 9.33. The Morgan fingerprint density at radius 2 is 2.04 bits per heavy atom. The standard InChI is InChI=1S/C22H31FO2/c1-3-13-11-19-18-6-4-14-10-15(24)5-7-16(14)17(18)8-9-22(19,2)21(13)20(25)12-23/h10,13,16-19,21H,3-9,11-12H2,1-2H3/t13-,16+,17-,18-,19+,21-,22+/m1/s1/i23-1. The summed E-state index contributed by atoms with van der Waals surface area (Å²) in [6, 6.07) is 0. The molecule has 0 radical (unpaired) electrons. The third-order valence-electron chi connectivity index (χ3n) is 8.48. The van der Waals surface area contributed by atoms with Crippen molar-refractivity contribution in [3.63, 3.8) is 0 Å². The van der Waals surface area contributed by atoms with E-state index in [4.69, 9.17) is 0 Å². The molecular weight excluding hydrogens is 314 g/mol. The maximum atomic E-state index is 13.3. The average Bonchev–Trinajstić information content (AvgIpc) is 2.93. The number of carbonyl (C=O) groups is 2. The van der Waals surface area contributed by atoms with Crippen LogP contribution in [0.1, 0.15) is 65.2 Å². The van der Waals surface area contributed by atoms with Crippen molar-refractivity contribution in [3.05, 3.63) is 11.6 Å². The summed E-state index contributed by atoms with van der Waals surface area (Å²) in [5.74, 6) is 2.97. The van der Waals surface area contributed by atoms with Crippen molar-refractivity contribution in [2.45, 2.75) is 65.2 Å². The SMILES string of the molecule is CC[C@@H]1C[C@H]2[C@@H]3CCC4=CC(=O)CC[C@@H]4[C@H]3CC[C@]2(C)[C@H]1C(=O)C[18F]. The van der Waals surface area contributed by atoms with Crippen molar-refractivity contribution in [2.24, 2.45) is 40.9 Å². The van der Waals surface area contributed by atoms with Gasteiger partial charge < -0.3 is 0 Å². The molecule has 0 heterocycles. The summed E-state index contributed by atoms with van der Waals surface area (Å²) in [4.78, 5) is 24.2. The van der Waals surface area contributed by atoms with E-state index in [0.717, 1.165) is 44.9 Å². The van der Waals surface area contributed by atoms with Crippen LogP contribution < -0.4 is 0 Å². The molecule has 0 aliphatic heterocycles. The number of hydrogen-bond donors (Lipinski definition) is 0. The number of halogens is 1. The van der Waals surface area contributed by atoms with Crippen LogP contribution in [0.3, 0.4) is 0 Å². The molecule has 0 saturated heterocycles. The second-order valence-corrected chi connectivity index (χ2v) is 9.33. The Labute approximate surface area is 150 Å². The number of allylic oxidation sites excluding steroid dienone is 1. The van der Waals surface area contributed by atoms with Crippen LogP contribution in [0, 0.1) is 40.9 Å². The van der Waals surface area contributed by atoms with Gasteiger partial charge in [-0.1, -0.05) is 25.8 Å². The van der Waals surface area contributed by atoms with E-state index in [1.807, 2.05) is 6.08 Å². The van der Waals surface area contributed by atoms with Gasteiger partial charge in [0.25, 0.3) is 0 Å². The van der Waals surface area contributed by atoms with E-state index < -0.39 is 6.67 Å². The molecule has 0 aromatic carbocycles. The van der Waals surface area contributed by atoms with Crippen LogP contribution >= 0.6 is 0 Å². The van der Waals surface area contributed by atoms with E-state index in [1.54, 1.807) is 0 Å². The van der Waals surface area contributed by atoms with E-state index in [1.165, 1.54) is 5.57 Å². The van der Waals surface area contributed by atoms with Gasteiger partial charge in [-0.2, -0.15) is 0 Å². The first-order chi connectivity index (χ1) is 12.0. The summed E-state index contributed by atoms with van der Waals surface area (Å²) in [7, 11) is 0. The molecule has 0 spiro atoms. The minimum absolute atomic E-state index is 0.00325. The van der Waals surface area contributed by atoms with Crippen molar-refractivity contribution < 1.29 is 14.0 Å². The van der Waals surface area contributed by atoms with E-state index in [9.17, 15) is 14.0 Å². The highest BCUT2D eigenvalue weighted by Gasteiger charge is 2.60. The topological polar surface area (TPSA) is 34.1 Å². The lowest BCUT2D eigenvalue weighted by Gasteiger charge is -2.53. The van der Waals surface area contributed by atoms with Crippen LogP contribution in [0.25, 0.3) is 0 Å². The molecule has 3 fully saturated rings. The fraction of sp³-hybridized carbons (Fsp3) is 0.818. The van der Waals surface area contributed by atoms with Gasteiger partial charge in [0.2, 0.25) is 0 Å². The Morgan fingerprint density at radius 3 is 2.76 bits per heavy atom. The Balaban J connectivity index is 1.64. The lowest BCUT2D eigenvalue weighted by atomic mass is 9.51. The molecular formula is C22H31FO2. The molecule has 0 N–H and O–H groups in total. The number of fused-ring (bicyclic) bond motifs is 5. The number of rotatable bonds is 3. The number of Topliss-reactive ketones (excluding diaryl/α,β-unsaturated/α-hetero) is 1. The maximum Gasteiger partial charge on any atom is 0.167 e. The fourth-order valence-corrected chi connectivity index (χ4v) is 7.48. The smallest absolute Gasteiger partial charge is 0.167 e. The highest BCUT2D eigenvalue weighted by molar-refractivity contribution is 5.91. The van der Waals surface area contributed by atoms with Gasteiger partial charge in [0.05, 0.1) is 0 Å². The Kier molecular flexibility index (Phi) is 4.40. The molecule has 4 aliphatic rings. The number of hydrogen-bond acceptors (Lipinski definition) is 2. The van der Waals surface area contributed by atoms with Crippen LogP contribution in [0.4, 0.5) is 4.39 Å². The van der Waals surface area contributed by atoms with Gasteiger partial charge in [0.15, 0.2) is 11.6 Å². The molecule has 0 amide bonds. The van der Waals surface area contributed by atoms with E-state index in [2.05, 4.69) is 13.8 Å². The fourth-order valence-electron chi connectivity index (χ4n) is 7.48. The van der Waals surface area contributed by atoms with Gasteiger partial charge in [0, 0.05) is 12.3 Å². The summed E-state index contributed by atoms with van der Waals surface area (Å²) in [6.45, 7) is 3.66. The molecule has 3 heteroatoms. The third kappa shape index (κ3) is 2.56. The molecule has 3 saturated carbocycles. The van der Waals surface area contributed by atoms with Crippen molar-refractivity contribution in [3.8, 4) is 0 Å². The molecule has 4 rings (SSSR count). The summed E-state index contributed by atoms with van der Waals surface area (Å²) >= 11 is 0. The van der Waals surface area contributed by atoms with Gasteiger partial charge in [-0.15, -0.1) is 0 Å². The van der Waals surface area contributed by atoms with Crippen LogP contribution in [0.15, 0.2) is 11.6 Å². The van der Waals surface area contributed by atoms with Crippen molar-refractivity contribution in [2.75, 3.05) is 6.67 Å². The largest absolute Gasteiger partial charge is 0.296 e. The predicted octanol–water partition coefficient (Wildman–Crippen LogP) is 4.92. The zero-order valence-electron chi connectivity index (χ0n) is 15.6. The predicted molar refractivity (Wildman–Crippen MR) is 95.7 cm³/mol. The molecule has 138 valence electrons. The van der Waals surface area contributed by atoms with E-state index in [-0.39, 0.29) is 17.1 Å². The minimum atomic E-state index is -0.796. The lowest BCUT2D eigenvalue weighted by molar-refractivity contribution is -0.131. The van der Waals surface area contributed by atoms with E-state index in [0.29, 0.717) is 41.8 Å². The van der Waals surface area contributed by atoms with Crippen LogP contribution in [0.5, 0.6) is 0 Å². The normalized spacial score (nSPS) is 46.0. The number of alkyl halides is 1. The lowest BCUT2D eigenvalue weighted by Crippen LogP contribution is -2.48. The Bertz CT molecular complexity index is 609. The van der Waals surface area contributed by atoms with Crippen molar-refractivity contribution in [1.29, 1.82) is 0 Å². The quantitative estimate of drug-likeness (QED) is 0.727. The van der Waals surface area contributed by atoms with Gasteiger partial charge in [-0.25, -0.2) is 4.39 Å². The Hall–Kier alpha value is -0.990. The zero-order valence-corrected chi connectivity index (χ0v) is 15.6. The highest BCUT2D eigenvalue weighted by Crippen LogP contribution is 2.65. The minimum Gasteiger partial charge on any atom is -0.296 e. The van der Waals surface area contributed by atoms with E-state index >= 15 is 0 Å².